The fraction of sp³-hybridized carbons (Fsp3) is 0.714. The molecule has 7 heteroatoms. The van der Waals surface area contributed by atoms with Crippen LogP contribution in [-0.4, -0.2) is 32.0 Å². The third kappa shape index (κ3) is 4.22. The van der Waals surface area contributed by atoms with Gasteiger partial charge < -0.3 is 5.32 Å². The Hall–Kier alpha value is -0.0800. The Kier molecular flexibility index (Phi) is 4.95. The predicted molar refractivity (Wildman–Crippen MR) is 89.6 cm³/mol. The van der Waals surface area contributed by atoms with E-state index in [4.69, 9.17) is 0 Å². The van der Waals surface area contributed by atoms with Crippen LogP contribution in [0.1, 0.15) is 36.1 Å². The second kappa shape index (κ2) is 6.58. The molecule has 2 fully saturated rings. The van der Waals surface area contributed by atoms with Crippen molar-refractivity contribution in [2.24, 2.45) is 0 Å². The SMILES string of the molecule is Cc1cc(S(=O)(=O)NC2CCCSC2)sc1CNC1CC1. The van der Waals surface area contributed by atoms with E-state index in [9.17, 15) is 8.42 Å². The van der Waals surface area contributed by atoms with Crippen molar-refractivity contribution in [3.05, 3.63) is 16.5 Å². The Balaban J connectivity index is 1.67. The zero-order chi connectivity index (χ0) is 14.9. The zero-order valence-electron chi connectivity index (χ0n) is 12.2. The molecule has 1 atom stereocenters. The number of rotatable bonds is 6. The number of sulfonamides is 1. The van der Waals surface area contributed by atoms with E-state index in [1.165, 1.54) is 24.2 Å². The van der Waals surface area contributed by atoms with E-state index < -0.39 is 10.0 Å². The van der Waals surface area contributed by atoms with E-state index >= 15 is 0 Å². The van der Waals surface area contributed by atoms with Crippen molar-refractivity contribution in [2.75, 3.05) is 11.5 Å². The Morgan fingerprint density at radius 2 is 2.10 bits per heavy atom. The van der Waals surface area contributed by atoms with Gasteiger partial charge in [0.25, 0.3) is 0 Å². The first kappa shape index (κ1) is 15.8. The van der Waals surface area contributed by atoms with Gasteiger partial charge >= 0.3 is 0 Å². The van der Waals surface area contributed by atoms with Gasteiger partial charge in [0.2, 0.25) is 10.0 Å². The molecule has 0 amide bonds. The van der Waals surface area contributed by atoms with Gasteiger partial charge in [0.1, 0.15) is 4.21 Å². The van der Waals surface area contributed by atoms with Crippen molar-refractivity contribution in [2.45, 2.75) is 55.4 Å². The van der Waals surface area contributed by atoms with Crippen molar-refractivity contribution < 1.29 is 8.42 Å². The van der Waals surface area contributed by atoms with Crippen LogP contribution in [0.2, 0.25) is 0 Å². The zero-order valence-corrected chi connectivity index (χ0v) is 14.7. The molecule has 2 heterocycles. The summed E-state index contributed by atoms with van der Waals surface area (Å²) in [4.78, 5) is 1.14. The summed E-state index contributed by atoms with van der Waals surface area (Å²) in [5.74, 6) is 2.03. The molecule has 1 unspecified atom stereocenters. The molecule has 0 aromatic carbocycles. The normalized spacial score (nSPS) is 23.4. The minimum absolute atomic E-state index is 0.0872. The number of hydrogen-bond acceptors (Lipinski definition) is 5. The lowest BCUT2D eigenvalue weighted by atomic mass is 10.2. The Morgan fingerprint density at radius 1 is 1.29 bits per heavy atom. The maximum Gasteiger partial charge on any atom is 0.250 e. The second-order valence-electron chi connectivity index (χ2n) is 5.86. The standard InChI is InChI=1S/C14H22N2O2S3/c1-10-7-14(20-13(10)8-15-11-4-5-11)21(17,18)16-12-3-2-6-19-9-12/h7,11-12,15-16H,2-6,8-9H2,1H3. The van der Waals surface area contributed by atoms with Gasteiger partial charge in [0, 0.05) is 29.3 Å². The quantitative estimate of drug-likeness (QED) is 0.831. The fourth-order valence-corrected chi connectivity index (χ4v) is 6.44. The van der Waals surface area contributed by atoms with E-state index in [1.54, 1.807) is 0 Å². The molecule has 0 radical (unpaired) electrons. The summed E-state index contributed by atoms with van der Waals surface area (Å²) in [6.45, 7) is 2.78. The lowest BCUT2D eigenvalue weighted by molar-refractivity contribution is 0.545. The van der Waals surface area contributed by atoms with Crippen LogP contribution in [0.5, 0.6) is 0 Å². The van der Waals surface area contributed by atoms with Crippen molar-refractivity contribution >= 4 is 33.1 Å². The summed E-state index contributed by atoms with van der Waals surface area (Å²) >= 11 is 3.24. The number of thioether (sulfide) groups is 1. The molecular weight excluding hydrogens is 324 g/mol. The molecule has 4 nitrogen and oxygen atoms in total. The number of hydrogen-bond donors (Lipinski definition) is 2. The van der Waals surface area contributed by atoms with Crippen molar-refractivity contribution in [1.29, 1.82) is 0 Å². The summed E-state index contributed by atoms with van der Waals surface area (Å²) < 4.78 is 28.3. The second-order valence-corrected chi connectivity index (χ2v) is 10.1. The van der Waals surface area contributed by atoms with Gasteiger partial charge in [0.15, 0.2) is 0 Å². The van der Waals surface area contributed by atoms with Crippen molar-refractivity contribution in [3.8, 4) is 0 Å². The third-order valence-electron chi connectivity index (χ3n) is 3.87. The highest BCUT2D eigenvalue weighted by Crippen LogP contribution is 2.28. The Morgan fingerprint density at radius 3 is 2.76 bits per heavy atom. The lowest BCUT2D eigenvalue weighted by Gasteiger charge is -2.21. The summed E-state index contributed by atoms with van der Waals surface area (Å²) in [6.07, 6.45) is 4.54. The number of aryl methyl sites for hydroxylation is 1. The Labute approximate surface area is 135 Å². The molecule has 0 spiro atoms. The first-order valence-electron chi connectivity index (χ1n) is 7.47. The van der Waals surface area contributed by atoms with E-state index in [2.05, 4.69) is 10.0 Å². The number of thiophene rings is 1. The van der Waals surface area contributed by atoms with Gasteiger partial charge in [-0.1, -0.05) is 0 Å². The lowest BCUT2D eigenvalue weighted by Crippen LogP contribution is -2.37. The smallest absolute Gasteiger partial charge is 0.250 e. The average molecular weight is 347 g/mol. The van der Waals surface area contributed by atoms with Crippen LogP contribution in [0, 0.1) is 6.92 Å². The van der Waals surface area contributed by atoms with Crippen LogP contribution in [0.15, 0.2) is 10.3 Å². The van der Waals surface area contributed by atoms with Crippen LogP contribution in [0.3, 0.4) is 0 Å². The van der Waals surface area contributed by atoms with Gasteiger partial charge in [0.05, 0.1) is 0 Å². The van der Waals surface area contributed by atoms with Crippen molar-refractivity contribution in [3.63, 3.8) is 0 Å². The van der Waals surface area contributed by atoms with Crippen LogP contribution in [-0.2, 0) is 16.6 Å². The van der Waals surface area contributed by atoms with E-state index in [0.29, 0.717) is 10.3 Å². The number of nitrogens with one attached hydrogen (secondary N) is 2. The van der Waals surface area contributed by atoms with Crippen LogP contribution in [0.25, 0.3) is 0 Å². The van der Waals surface area contributed by atoms with Gasteiger partial charge in [-0.25, -0.2) is 13.1 Å². The maximum absolute atomic E-state index is 12.5. The summed E-state index contributed by atoms with van der Waals surface area (Å²) in [7, 11) is -3.36. The topological polar surface area (TPSA) is 58.2 Å². The monoisotopic (exact) mass is 346 g/mol. The van der Waals surface area contributed by atoms with Gasteiger partial charge in [-0.05, 0) is 50.0 Å². The third-order valence-corrected chi connectivity index (χ3v) is 8.32. The molecule has 1 saturated heterocycles. The van der Waals surface area contributed by atoms with Crippen LogP contribution < -0.4 is 10.0 Å². The highest BCUT2D eigenvalue weighted by Gasteiger charge is 2.25. The first-order chi connectivity index (χ1) is 10.0. The summed E-state index contributed by atoms with van der Waals surface area (Å²) in [6, 6.07) is 2.54. The minimum atomic E-state index is -3.36. The molecular formula is C14H22N2O2S3. The molecule has 2 aliphatic rings. The molecule has 0 bridgehead atoms. The Bertz CT molecular complexity index is 587. The fourth-order valence-electron chi connectivity index (χ4n) is 2.43. The molecule has 2 N–H and O–H groups in total. The maximum atomic E-state index is 12.5. The largest absolute Gasteiger partial charge is 0.309 e. The molecule has 1 saturated carbocycles. The molecule has 1 aromatic heterocycles. The molecule has 1 aliphatic heterocycles. The van der Waals surface area contributed by atoms with E-state index in [-0.39, 0.29) is 6.04 Å². The van der Waals surface area contributed by atoms with Gasteiger partial charge in [-0.2, -0.15) is 11.8 Å². The summed E-state index contributed by atoms with van der Waals surface area (Å²) in [5.41, 5.74) is 1.08. The van der Waals surface area contributed by atoms with Gasteiger partial charge in [-0.15, -0.1) is 11.3 Å². The summed E-state index contributed by atoms with van der Waals surface area (Å²) in [5, 5.41) is 3.45. The molecule has 118 valence electrons. The first-order valence-corrected chi connectivity index (χ1v) is 10.9. The van der Waals surface area contributed by atoms with Crippen LogP contribution >= 0.6 is 23.1 Å². The highest BCUT2D eigenvalue weighted by atomic mass is 32.2. The van der Waals surface area contributed by atoms with Crippen LogP contribution in [0.4, 0.5) is 0 Å². The molecule has 1 aromatic rings. The highest BCUT2D eigenvalue weighted by molar-refractivity contribution is 7.99. The average Bonchev–Trinajstić information content (AvgIpc) is 3.20. The van der Waals surface area contributed by atoms with E-state index in [0.717, 1.165) is 41.3 Å². The van der Waals surface area contributed by atoms with Crippen molar-refractivity contribution in [1.82, 2.24) is 10.0 Å². The van der Waals surface area contributed by atoms with E-state index in [1.807, 2.05) is 24.8 Å². The minimum Gasteiger partial charge on any atom is -0.309 e. The molecule has 3 rings (SSSR count). The molecule has 1 aliphatic carbocycles. The van der Waals surface area contributed by atoms with Gasteiger partial charge in [-0.3, -0.25) is 0 Å². The molecule has 21 heavy (non-hydrogen) atoms. The predicted octanol–water partition coefficient (Wildman–Crippen LogP) is 2.48.